The highest BCUT2D eigenvalue weighted by atomic mass is 32.1. The quantitative estimate of drug-likeness (QED) is 0.631. The Balaban J connectivity index is 1.51. The molecule has 0 fully saturated rings. The number of amides is 1. The first-order chi connectivity index (χ1) is 13.6. The van der Waals surface area contributed by atoms with Crippen LogP contribution < -0.4 is 0 Å². The predicted octanol–water partition coefficient (Wildman–Crippen LogP) is 4.75. The molecule has 1 unspecified atom stereocenters. The highest BCUT2D eigenvalue weighted by Crippen LogP contribution is 2.35. The van der Waals surface area contributed by atoms with Gasteiger partial charge in [-0.1, -0.05) is 30.3 Å². The van der Waals surface area contributed by atoms with Crippen LogP contribution in [0.3, 0.4) is 0 Å². The molecule has 0 radical (unpaired) electrons. The lowest BCUT2D eigenvalue weighted by Gasteiger charge is -2.32. The first-order valence-electron chi connectivity index (χ1n) is 9.85. The summed E-state index contributed by atoms with van der Waals surface area (Å²) in [5.74, 6) is 0.307. The van der Waals surface area contributed by atoms with E-state index in [-0.39, 0.29) is 17.9 Å². The van der Waals surface area contributed by atoms with Gasteiger partial charge >= 0.3 is 0 Å². The predicted molar refractivity (Wildman–Crippen MR) is 113 cm³/mol. The second-order valence-electron chi connectivity index (χ2n) is 7.62. The summed E-state index contributed by atoms with van der Waals surface area (Å²) >= 11 is 1.71. The van der Waals surface area contributed by atoms with Crippen LogP contribution in [0.25, 0.3) is 10.6 Å². The summed E-state index contributed by atoms with van der Waals surface area (Å²) in [5.41, 5.74) is 3.39. The van der Waals surface area contributed by atoms with Crippen molar-refractivity contribution in [1.29, 1.82) is 0 Å². The molecule has 0 N–H and O–H groups in total. The Morgan fingerprint density at radius 2 is 2.04 bits per heavy atom. The third-order valence-corrected chi connectivity index (χ3v) is 6.47. The number of carbonyl (C=O) groups excluding carboxylic acids is 1. The summed E-state index contributed by atoms with van der Waals surface area (Å²) in [6, 6.07) is 14.4. The topological polar surface area (TPSA) is 46.1 Å². The number of nitrogens with zero attached hydrogens (tertiary/aromatic N) is 3. The summed E-state index contributed by atoms with van der Waals surface area (Å²) in [6.07, 6.45) is 6.18. The Morgan fingerprint density at radius 3 is 2.75 bits per heavy atom. The lowest BCUT2D eigenvalue weighted by atomic mass is 9.89. The SMILES string of the molecule is CC(C)N(Cc1ccccc1)C(=O)C1CCc2nc(-c3cccnc3)sc2C1. The average molecular weight is 392 g/mol. The minimum absolute atomic E-state index is 0.0424. The van der Waals surface area contributed by atoms with E-state index in [0.29, 0.717) is 6.54 Å². The highest BCUT2D eigenvalue weighted by Gasteiger charge is 2.31. The van der Waals surface area contributed by atoms with Gasteiger partial charge in [-0.05, 0) is 50.8 Å². The number of hydrogen-bond donors (Lipinski definition) is 0. The molecule has 144 valence electrons. The molecule has 4 rings (SSSR count). The van der Waals surface area contributed by atoms with Crippen molar-refractivity contribution in [3.05, 3.63) is 71.0 Å². The van der Waals surface area contributed by atoms with Crippen molar-refractivity contribution in [2.45, 2.75) is 45.7 Å². The highest BCUT2D eigenvalue weighted by molar-refractivity contribution is 7.15. The maximum Gasteiger partial charge on any atom is 0.226 e. The van der Waals surface area contributed by atoms with E-state index in [1.807, 2.05) is 41.4 Å². The van der Waals surface area contributed by atoms with Gasteiger partial charge in [0.05, 0.1) is 5.69 Å². The van der Waals surface area contributed by atoms with E-state index in [1.54, 1.807) is 17.5 Å². The number of aryl methyl sites for hydroxylation is 1. The zero-order valence-corrected chi connectivity index (χ0v) is 17.2. The Labute approximate surface area is 170 Å². The minimum atomic E-state index is 0.0424. The Kier molecular flexibility index (Phi) is 5.53. The molecule has 5 heteroatoms. The van der Waals surface area contributed by atoms with Crippen molar-refractivity contribution >= 4 is 17.2 Å². The van der Waals surface area contributed by atoms with Gasteiger partial charge in [0.2, 0.25) is 5.91 Å². The van der Waals surface area contributed by atoms with Crippen LogP contribution in [0, 0.1) is 5.92 Å². The van der Waals surface area contributed by atoms with Gasteiger partial charge in [-0.2, -0.15) is 0 Å². The lowest BCUT2D eigenvalue weighted by Crippen LogP contribution is -2.41. The number of pyridine rings is 1. The van der Waals surface area contributed by atoms with Crippen LogP contribution in [0.1, 0.15) is 36.4 Å². The number of benzene rings is 1. The number of thiazole rings is 1. The van der Waals surface area contributed by atoms with E-state index in [4.69, 9.17) is 4.98 Å². The monoisotopic (exact) mass is 391 g/mol. The third-order valence-electron chi connectivity index (χ3n) is 5.30. The number of aromatic nitrogens is 2. The number of rotatable bonds is 5. The van der Waals surface area contributed by atoms with E-state index >= 15 is 0 Å². The molecule has 0 saturated heterocycles. The molecule has 1 aromatic carbocycles. The molecule has 0 bridgehead atoms. The van der Waals surface area contributed by atoms with Crippen molar-refractivity contribution in [2.24, 2.45) is 5.92 Å². The third kappa shape index (κ3) is 3.99. The summed E-state index contributed by atoms with van der Waals surface area (Å²) in [5, 5.41) is 1.01. The maximum atomic E-state index is 13.3. The Hall–Kier alpha value is -2.53. The lowest BCUT2D eigenvalue weighted by molar-refractivity contribution is -0.138. The van der Waals surface area contributed by atoms with E-state index < -0.39 is 0 Å². The van der Waals surface area contributed by atoms with Gasteiger partial charge in [-0.15, -0.1) is 11.3 Å². The molecule has 1 atom stereocenters. The molecular formula is C23H25N3OS. The van der Waals surface area contributed by atoms with Gasteiger partial charge in [0, 0.05) is 41.3 Å². The molecule has 1 aliphatic rings. The molecule has 28 heavy (non-hydrogen) atoms. The second-order valence-corrected chi connectivity index (χ2v) is 8.70. The van der Waals surface area contributed by atoms with Crippen LogP contribution in [0.5, 0.6) is 0 Å². The summed E-state index contributed by atoms with van der Waals surface area (Å²) in [7, 11) is 0. The molecular weight excluding hydrogens is 366 g/mol. The fourth-order valence-corrected chi connectivity index (χ4v) is 4.91. The van der Waals surface area contributed by atoms with Crippen molar-refractivity contribution in [3.63, 3.8) is 0 Å². The smallest absolute Gasteiger partial charge is 0.226 e. The molecule has 4 nitrogen and oxygen atoms in total. The molecule has 1 aliphatic carbocycles. The van der Waals surface area contributed by atoms with E-state index in [2.05, 4.69) is 31.0 Å². The first-order valence-corrected chi connectivity index (χ1v) is 10.7. The minimum Gasteiger partial charge on any atom is -0.336 e. The number of fused-ring (bicyclic) bond motifs is 1. The van der Waals surface area contributed by atoms with Crippen molar-refractivity contribution < 1.29 is 4.79 Å². The van der Waals surface area contributed by atoms with Gasteiger partial charge < -0.3 is 4.90 Å². The largest absolute Gasteiger partial charge is 0.336 e. The normalized spacial score (nSPS) is 16.0. The molecule has 0 aliphatic heterocycles. The first kappa shape index (κ1) is 18.8. The number of carbonyl (C=O) groups is 1. The van der Waals surface area contributed by atoms with Gasteiger partial charge in [0.15, 0.2) is 0 Å². The van der Waals surface area contributed by atoms with Crippen LogP contribution in [-0.4, -0.2) is 26.8 Å². The molecule has 0 spiro atoms. The summed E-state index contributed by atoms with van der Waals surface area (Å²) < 4.78 is 0. The van der Waals surface area contributed by atoms with Crippen LogP contribution >= 0.6 is 11.3 Å². The maximum absolute atomic E-state index is 13.3. The average Bonchev–Trinajstić information content (AvgIpc) is 3.16. The van der Waals surface area contributed by atoms with Gasteiger partial charge in [0.1, 0.15) is 5.01 Å². The second kappa shape index (κ2) is 8.23. The van der Waals surface area contributed by atoms with Gasteiger partial charge in [-0.25, -0.2) is 4.98 Å². The molecule has 0 saturated carbocycles. The molecule has 2 heterocycles. The van der Waals surface area contributed by atoms with Gasteiger partial charge in [-0.3, -0.25) is 9.78 Å². The zero-order valence-electron chi connectivity index (χ0n) is 16.3. The van der Waals surface area contributed by atoms with Crippen molar-refractivity contribution in [2.75, 3.05) is 0 Å². The number of hydrogen-bond acceptors (Lipinski definition) is 4. The standard InChI is InChI=1S/C23H25N3OS/c1-16(2)26(15-17-7-4-3-5-8-17)23(27)18-10-11-20-21(13-18)28-22(25-20)19-9-6-12-24-14-19/h3-9,12,14,16,18H,10-11,13,15H2,1-2H3. The summed E-state index contributed by atoms with van der Waals surface area (Å²) in [6.45, 7) is 4.87. The molecule has 3 aromatic rings. The van der Waals surface area contributed by atoms with Gasteiger partial charge in [0.25, 0.3) is 0 Å². The van der Waals surface area contributed by atoms with E-state index in [1.165, 1.54) is 10.4 Å². The van der Waals surface area contributed by atoms with E-state index in [9.17, 15) is 4.79 Å². The fraction of sp³-hybridized carbons (Fsp3) is 0.348. The van der Waals surface area contributed by atoms with E-state index in [0.717, 1.165) is 35.5 Å². The van der Waals surface area contributed by atoms with Crippen LogP contribution in [0.2, 0.25) is 0 Å². The van der Waals surface area contributed by atoms with Crippen LogP contribution in [-0.2, 0) is 24.2 Å². The van der Waals surface area contributed by atoms with Crippen LogP contribution in [0.4, 0.5) is 0 Å². The fourth-order valence-electron chi connectivity index (χ4n) is 3.73. The molecule has 2 aromatic heterocycles. The summed E-state index contributed by atoms with van der Waals surface area (Å²) in [4.78, 5) is 25.6. The Morgan fingerprint density at radius 1 is 1.21 bits per heavy atom. The van der Waals surface area contributed by atoms with Crippen LogP contribution in [0.15, 0.2) is 54.9 Å². The Bertz CT molecular complexity index is 937. The van der Waals surface area contributed by atoms with Crippen molar-refractivity contribution in [1.82, 2.24) is 14.9 Å². The molecule has 1 amide bonds. The van der Waals surface area contributed by atoms with Crippen molar-refractivity contribution in [3.8, 4) is 10.6 Å². The zero-order chi connectivity index (χ0) is 19.5.